The van der Waals surface area contributed by atoms with Gasteiger partial charge in [-0.2, -0.15) is 0 Å². The van der Waals surface area contributed by atoms with Gasteiger partial charge < -0.3 is 4.98 Å². The molecular formula is C12H8N4O. The number of H-pyrrole nitrogens is 1. The Morgan fingerprint density at radius 2 is 1.76 bits per heavy atom. The summed E-state index contributed by atoms with van der Waals surface area (Å²) in [6.07, 6.45) is 3.22. The number of fused-ring (bicyclic) bond motifs is 1. The molecule has 0 saturated carbocycles. The lowest BCUT2D eigenvalue weighted by Gasteiger charge is -2.00. The lowest BCUT2D eigenvalue weighted by molar-refractivity contribution is 1.08. The molecule has 0 unspecified atom stereocenters. The molecule has 82 valence electrons. The Labute approximate surface area is 96.2 Å². The Kier molecular flexibility index (Phi) is 2.15. The van der Waals surface area contributed by atoms with Crippen LogP contribution in [0.15, 0.2) is 47.5 Å². The second-order valence-corrected chi connectivity index (χ2v) is 3.50. The molecule has 0 spiro atoms. The van der Waals surface area contributed by atoms with E-state index < -0.39 is 0 Å². The van der Waals surface area contributed by atoms with Crippen molar-refractivity contribution in [1.29, 1.82) is 0 Å². The van der Waals surface area contributed by atoms with Gasteiger partial charge in [0.1, 0.15) is 0 Å². The van der Waals surface area contributed by atoms with Crippen LogP contribution in [0.5, 0.6) is 0 Å². The van der Waals surface area contributed by atoms with Gasteiger partial charge in [-0.15, -0.1) is 0 Å². The Balaban J connectivity index is 2.30. The third-order valence-corrected chi connectivity index (χ3v) is 2.39. The van der Waals surface area contributed by atoms with Crippen molar-refractivity contribution in [3.63, 3.8) is 0 Å². The zero-order valence-corrected chi connectivity index (χ0v) is 8.79. The molecule has 2 aromatic heterocycles. The summed E-state index contributed by atoms with van der Waals surface area (Å²) in [4.78, 5) is 26.9. The van der Waals surface area contributed by atoms with E-state index >= 15 is 0 Å². The van der Waals surface area contributed by atoms with Gasteiger partial charge in [-0.3, -0.25) is 4.79 Å². The van der Waals surface area contributed by atoms with Crippen LogP contribution in [0, 0.1) is 0 Å². The van der Waals surface area contributed by atoms with E-state index in [0.29, 0.717) is 22.6 Å². The fourth-order valence-corrected chi connectivity index (χ4v) is 1.61. The standard InChI is InChI=1S/C12H8N4O/c17-12-8-4-1-2-5-9(8)15-11(16-12)10-13-6-3-7-14-10/h1-7H,(H,15,16,17). The molecular weight excluding hydrogens is 216 g/mol. The molecule has 5 nitrogen and oxygen atoms in total. The average molecular weight is 224 g/mol. The van der Waals surface area contributed by atoms with Crippen LogP contribution in [0.2, 0.25) is 0 Å². The third-order valence-electron chi connectivity index (χ3n) is 2.39. The molecule has 1 N–H and O–H groups in total. The SMILES string of the molecule is O=c1[nH]c(-c2ncccn2)nc2ccccc12. The smallest absolute Gasteiger partial charge is 0.259 e. The molecule has 0 aliphatic carbocycles. The van der Waals surface area contributed by atoms with Crippen molar-refractivity contribution >= 4 is 10.9 Å². The van der Waals surface area contributed by atoms with Gasteiger partial charge in [-0.1, -0.05) is 12.1 Å². The molecule has 0 atom stereocenters. The summed E-state index contributed by atoms with van der Waals surface area (Å²) < 4.78 is 0. The fourth-order valence-electron chi connectivity index (χ4n) is 1.61. The van der Waals surface area contributed by atoms with E-state index in [1.54, 1.807) is 36.7 Å². The second-order valence-electron chi connectivity index (χ2n) is 3.50. The summed E-state index contributed by atoms with van der Waals surface area (Å²) in [5, 5.41) is 0.562. The van der Waals surface area contributed by atoms with Crippen LogP contribution in [0.4, 0.5) is 0 Å². The molecule has 1 aromatic carbocycles. The first kappa shape index (κ1) is 9.65. The van der Waals surface area contributed by atoms with E-state index in [1.807, 2.05) is 6.07 Å². The maximum atomic E-state index is 11.8. The van der Waals surface area contributed by atoms with Gasteiger partial charge in [0.05, 0.1) is 10.9 Å². The highest BCUT2D eigenvalue weighted by molar-refractivity contribution is 5.78. The predicted octanol–water partition coefficient (Wildman–Crippen LogP) is 1.38. The molecule has 0 aliphatic rings. The van der Waals surface area contributed by atoms with Gasteiger partial charge in [0, 0.05) is 12.4 Å². The van der Waals surface area contributed by atoms with Crippen molar-refractivity contribution in [2.75, 3.05) is 0 Å². The Morgan fingerprint density at radius 3 is 2.59 bits per heavy atom. The number of aromatic nitrogens is 4. The maximum Gasteiger partial charge on any atom is 0.259 e. The van der Waals surface area contributed by atoms with Gasteiger partial charge >= 0.3 is 0 Å². The molecule has 0 bridgehead atoms. The van der Waals surface area contributed by atoms with Crippen molar-refractivity contribution in [3.8, 4) is 11.6 Å². The van der Waals surface area contributed by atoms with Crippen LogP contribution < -0.4 is 5.56 Å². The van der Waals surface area contributed by atoms with E-state index in [1.165, 1.54) is 0 Å². The number of nitrogens with zero attached hydrogens (tertiary/aromatic N) is 3. The molecule has 0 aliphatic heterocycles. The molecule has 3 aromatic rings. The molecule has 2 heterocycles. The molecule has 0 radical (unpaired) electrons. The summed E-state index contributed by atoms with van der Waals surface area (Å²) >= 11 is 0. The number of benzene rings is 1. The van der Waals surface area contributed by atoms with Crippen LogP contribution in [-0.4, -0.2) is 19.9 Å². The van der Waals surface area contributed by atoms with E-state index in [0.717, 1.165) is 0 Å². The van der Waals surface area contributed by atoms with Gasteiger partial charge in [-0.25, -0.2) is 15.0 Å². The highest BCUT2D eigenvalue weighted by atomic mass is 16.1. The van der Waals surface area contributed by atoms with Crippen molar-refractivity contribution in [2.45, 2.75) is 0 Å². The van der Waals surface area contributed by atoms with Crippen LogP contribution >= 0.6 is 0 Å². The highest BCUT2D eigenvalue weighted by Gasteiger charge is 2.06. The molecule has 5 heteroatoms. The maximum absolute atomic E-state index is 11.8. The average Bonchev–Trinajstić information content (AvgIpc) is 2.40. The minimum Gasteiger partial charge on any atom is -0.303 e. The van der Waals surface area contributed by atoms with Crippen molar-refractivity contribution < 1.29 is 0 Å². The summed E-state index contributed by atoms with van der Waals surface area (Å²) in [7, 11) is 0. The first-order chi connectivity index (χ1) is 8.34. The van der Waals surface area contributed by atoms with E-state index in [9.17, 15) is 4.79 Å². The summed E-state index contributed by atoms with van der Waals surface area (Å²) in [6.45, 7) is 0. The summed E-state index contributed by atoms with van der Waals surface area (Å²) in [6, 6.07) is 8.87. The largest absolute Gasteiger partial charge is 0.303 e. The molecule has 0 saturated heterocycles. The number of aromatic amines is 1. The Hall–Kier alpha value is -2.56. The zero-order valence-electron chi connectivity index (χ0n) is 8.79. The number of hydrogen-bond acceptors (Lipinski definition) is 4. The minimum absolute atomic E-state index is 0.182. The fraction of sp³-hybridized carbons (Fsp3) is 0. The van der Waals surface area contributed by atoms with Gasteiger partial charge in [0.15, 0.2) is 11.6 Å². The lowest BCUT2D eigenvalue weighted by atomic mass is 10.2. The topological polar surface area (TPSA) is 71.5 Å². The van der Waals surface area contributed by atoms with Gasteiger partial charge in [0.25, 0.3) is 5.56 Å². The van der Waals surface area contributed by atoms with Crippen LogP contribution in [0.3, 0.4) is 0 Å². The molecule has 3 rings (SSSR count). The lowest BCUT2D eigenvalue weighted by Crippen LogP contribution is -2.10. The first-order valence-corrected chi connectivity index (χ1v) is 5.11. The van der Waals surface area contributed by atoms with E-state index in [2.05, 4.69) is 19.9 Å². The normalized spacial score (nSPS) is 10.6. The summed E-state index contributed by atoms with van der Waals surface area (Å²) in [5.41, 5.74) is 0.455. The number of hydrogen-bond donors (Lipinski definition) is 1. The number of rotatable bonds is 1. The molecule has 0 amide bonds. The monoisotopic (exact) mass is 224 g/mol. The number of nitrogens with one attached hydrogen (secondary N) is 1. The van der Waals surface area contributed by atoms with E-state index in [-0.39, 0.29) is 5.56 Å². The van der Waals surface area contributed by atoms with Crippen LogP contribution in [0.1, 0.15) is 0 Å². The second kappa shape index (κ2) is 3.79. The highest BCUT2D eigenvalue weighted by Crippen LogP contribution is 2.10. The van der Waals surface area contributed by atoms with Gasteiger partial charge in [0.2, 0.25) is 0 Å². The molecule has 17 heavy (non-hydrogen) atoms. The first-order valence-electron chi connectivity index (χ1n) is 5.11. The van der Waals surface area contributed by atoms with Crippen molar-refractivity contribution in [2.24, 2.45) is 0 Å². The quantitative estimate of drug-likeness (QED) is 0.677. The van der Waals surface area contributed by atoms with Crippen molar-refractivity contribution in [3.05, 3.63) is 53.1 Å². The summed E-state index contributed by atoms with van der Waals surface area (Å²) in [5.74, 6) is 0.796. The van der Waals surface area contributed by atoms with Crippen LogP contribution in [-0.2, 0) is 0 Å². The minimum atomic E-state index is -0.182. The van der Waals surface area contributed by atoms with Crippen molar-refractivity contribution in [1.82, 2.24) is 19.9 Å². The Morgan fingerprint density at radius 1 is 1.00 bits per heavy atom. The number of para-hydroxylation sites is 1. The molecule has 0 fully saturated rings. The van der Waals surface area contributed by atoms with E-state index in [4.69, 9.17) is 0 Å². The Bertz CT molecular complexity index is 721. The third kappa shape index (κ3) is 1.67. The van der Waals surface area contributed by atoms with Crippen LogP contribution in [0.25, 0.3) is 22.6 Å². The predicted molar refractivity (Wildman–Crippen MR) is 63.4 cm³/mol. The van der Waals surface area contributed by atoms with Gasteiger partial charge in [-0.05, 0) is 18.2 Å². The zero-order chi connectivity index (χ0) is 11.7.